The Balaban J connectivity index is 1.26. The number of fused-ring (bicyclic) bond motifs is 4. The Bertz CT molecular complexity index is 1690. The number of aromatic nitrogens is 1. The number of thiophene rings is 1. The summed E-state index contributed by atoms with van der Waals surface area (Å²) in [6.45, 7) is 0. The molecule has 6 aromatic rings. The predicted octanol–water partition coefficient (Wildman–Crippen LogP) is 6.92. The van der Waals surface area contributed by atoms with Gasteiger partial charge in [-0.15, -0.1) is 11.3 Å². The van der Waals surface area contributed by atoms with Gasteiger partial charge in [0, 0.05) is 28.0 Å². The number of hydrogen-bond acceptors (Lipinski definition) is 6. The zero-order valence-corrected chi connectivity index (χ0v) is 17.8. The molecule has 0 amide bonds. The van der Waals surface area contributed by atoms with Gasteiger partial charge in [0.05, 0.1) is 10.5 Å². The van der Waals surface area contributed by atoms with E-state index in [1.165, 1.54) is 10.8 Å². The fourth-order valence-corrected chi connectivity index (χ4v) is 5.32. The number of hydrogen-bond donors (Lipinski definition) is 0. The van der Waals surface area contributed by atoms with Gasteiger partial charge < -0.3 is 8.83 Å². The second-order valence-corrected chi connectivity index (χ2v) is 9.03. The van der Waals surface area contributed by atoms with E-state index in [4.69, 9.17) is 8.83 Å². The smallest absolute Gasteiger partial charge is 0.266 e. The van der Waals surface area contributed by atoms with E-state index >= 15 is 0 Å². The molecule has 6 heteroatoms. The molecule has 0 unspecified atom stereocenters. The third kappa shape index (κ3) is 2.74. The highest BCUT2D eigenvalue weighted by Crippen LogP contribution is 2.37. The van der Waals surface area contributed by atoms with Crippen molar-refractivity contribution in [3.05, 3.63) is 95.4 Å². The molecule has 3 heterocycles. The molecule has 5 nitrogen and oxygen atoms in total. The molecule has 3 aromatic carbocycles. The Morgan fingerprint density at radius 1 is 0.758 bits per heavy atom. The summed E-state index contributed by atoms with van der Waals surface area (Å²) in [7, 11) is 0. The van der Waals surface area contributed by atoms with Gasteiger partial charge in [0.15, 0.2) is 22.9 Å². The average molecular weight is 447 g/mol. The van der Waals surface area contributed by atoms with Crippen molar-refractivity contribution < 1.29 is 18.4 Å². The number of ketones is 2. The second kappa shape index (κ2) is 6.60. The van der Waals surface area contributed by atoms with Gasteiger partial charge in [-0.1, -0.05) is 42.5 Å². The molecule has 0 aliphatic heterocycles. The van der Waals surface area contributed by atoms with Crippen LogP contribution in [0.15, 0.2) is 87.2 Å². The van der Waals surface area contributed by atoms with Crippen LogP contribution in [0.25, 0.3) is 48.9 Å². The van der Waals surface area contributed by atoms with Crippen molar-refractivity contribution in [2.75, 3.05) is 0 Å². The standard InChI is InChI=1S/C27H13NO4S/c29-25-17-9-14-5-1-2-6-15(14)10-18(17)26(30)19(25)12-24-28-27-21(31-24)13-20(32-27)23-11-16-7-3-4-8-22(16)33-23/h1-13H. The summed E-state index contributed by atoms with van der Waals surface area (Å²) in [5, 5.41) is 2.98. The van der Waals surface area contributed by atoms with Crippen LogP contribution < -0.4 is 0 Å². The van der Waals surface area contributed by atoms with Crippen LogP contribution in [0.1, 0.15) is 26.6 Å². The van der Waals surface area contributed by atoms with Gasteiger partial charge >= 0.3 is 0 Å². The van der Waals surface area contributed by atoms with Crippen LogP contribution in [0.3, 0.4) is 0 Å². The Labute approximate surface area is 190 Å². The molecule has 1 aliphatic carbocycles. The Morgan fingerprint density at radius 2 is 1.42 bits per heavy atom. The minimum absolute atomic E-state index is 0.0499. The number of Topliss-reactive ketones (excluding diaryl/α,β-unsaturated/α-hetero) is 2. The van der Waals surface area contributed by atoms with E-state index in [-0.39, 0.29) is 23.0 Å². The quantitative estimate of drug-likeness (QED) is 0.213. The number of benzene rings is 3. The van der Waals surface area contributed by atoms with E-state index in [1.807, 2.05) is 36.4 Å². The number of nitrogens with zero attached hydrogens (tertiary/aromatic N) is 1. The number of oxazole rings is 1. The first kappa shape index (κ1) is 18.3. The topological polar surface area (TPSA) is 73.3 Å². The highest BCUT2D eigenvalue weighted by Gasteiger charge is 2.34. The first-order chi connectivity index (χ1) is 16.1. The fourth-order valence-electron chi connectivity index (χ4n) is 4.30. The van der Waals surface area contributed by atoms with Crippen LogP contribution in [-0.4, -0.2) is 16.6 Å². The SMILES string of the molecule is O=C1C(=Cc2nc3oc(-c4cc5ccccc5s4)cc3o2)C(=O)c2cc3ccccc3cc21. The largest absolute Gasteiger partial charge is 0.434 e. The lowest BCUT2D eigenvalue weighted by molar-refractivity contribution is 0.0990. The van der Waals surface area contributed by atoms with Crippen LogP contribution in [0, 0.1) is 0 Å². The second-order valence-electron chi connectivity index (χ2n) is 7.94. The molecule has 0 radical (unpaired) electrons. The Kier molecular flexibility index (Phi) is 3.66. The minimum atomic E-state index is -0.318. The van der Waals surface area contributed by atoms with Gasteiger partial charge in [-0.2, -0.15) is 4.98 Å². The van der Waals surface area contributed by atoms with Gasteiger partial charge in [-0.3, -0.25) is 9.59 Å². The number of carbonyl (C=O) groups excluding carboxylic acids is 2. The first-order valence-corrected chi connectivity index (χ1v) is 11.2. The molecule has 33 heavy (non-hydrogen) atoms. The van der Waals surface area contributed by atoms with Crippen LogP contribution >= 0.6 is 11.3 Å². The maximum absolute atomic E-state index is 13.0. The summed E-state index contributed by atoms with van der Waals surface area (Å²) in [6.07, 6.45) is 1.41. The molecule has 0 N–H and O–H groups in total. The van der Waals surface area contributed by atoms with Gasteiger partial charge in [-0.05, 0) is 40.4 Å². The summed E-state index contributed by atoms with van der Waals surface area (Å²) >= 11 is 1.63. The molecule has 1 aliphatic rings. The van der Waals surface area contributed by atoms with Crippen molar-refractivity contribution >= 4 is 61.1 Å². The third-order valence-electron chi connectivity index (χ3n) is 5.91. The Hall–Kier alpha value is -4.29. The monoisotopic (exact) mass is 447 g/mol. The van der Waals surface area contributed by atoms with Crippen molar-refractivity contribution in [1.82, 2.24) is 4.98 Å². The molecule has 156 valence electrons. The molecular weight excluding hydrogens is 434 g/mol. The maximum Gasteiger partial charge on any atom is 0.266 e. The first-order valence-electron chi connectivity index (χ1n) is 10.4. The number of furan rings is 1. The predicted molar refractivity (Wildman–Crippen MR) is 128 cm³/mol. The summed E-state index contributed by atoms with van der Waals surface area (Å²) in [6, 6.07) is 23.2. The van der Waals surface area contributed by atoms with Crippen molar-refractivity contribution in [3.63, 3.8) is 0 Å². The van der Waals surface area contributed by atoms with E-state index in [0.717, 1.165) is 21.0 Å². The third-order valence-corrected chi connectivity index (χ3v) is 7.04. The number of rotatable bonds is 2. The van der Waals surface area contributed by atoms with E-state index in [2.05, 4.69) is 23.2 Å². The zero-order chi connectivity index (χ0) is 22.1. The Morgan fingerprint density at radius 3 is 2.09 bits per heavy atom. The molecule has 0 fully saturated rings. The van der Waals surface area contributed by atoms with Crippen molar-refractivity contribution in [1.29, 1.82) is 0 Å². The van der Waals surface area contributed by atoms with Crippen LogP contribution in [0.4, 0.5) is 0 Å². The molecule has 0 saturated heterocycles. The molecule has 3 aromatic heterocycles. The van der Waals surface area contributed by atoms with Crippen molar-refractivity contribution in [2.24, 2.45) is 0 Å². The highest BCUT2D eigenvalue weighted by atomic mass is 32.1. The van der Waals surface area contributed by atoms with Crippen LogP contribution in [-0.2, 0) is 0 Å². The van der Waals surface area contributed by atoms with E-state index in [9.17, 15) is 9.59 Å². The summed E-state index contributed by atoms with van der Waals surface area (Å²) < 4.78 is 12.9. The van der Waals surface area contributed by atoms with E-state index in [0.29, 0.717) is 28.2 Å². The molecule has 0 atom stereocenters. The normalized spacial score (nSPS) is 13.5. The summed E-state index contributed by atoms with van der Waals surface area (Å²) in [5.41, 5.74) is 1.67. The van der Waals surface area contributed by atoms with Gasteiger partial charge in [0.2, 0.25) is 5.89 Å². The van der Waals surface area contributed by atoms with Gasteiger partial charge in [0.25, 0.3) is 5.71 Å². The fraction of sp³-hybridized carbons (Fsp3) is 0. The van der Waals surface area contributed by atoms with Gasteiger partial charge in [-0.25, -0.2) is 0 Å². The lowest BCUT2D eigenvalue weighted by Crippen LogP contribution is -2.00. The van der Waals surface area contributed by atoms with Gasteiger partial charge in [0.1, 0.15) is 0 Å². The van der Waals surface area contributed by atoms with Crippen LogP contribution in [0.2, 0.25) is 0 Å². The molecule has 0 saturated carbocycles. The molecule has 0 bridgehead atoms. The molecule has 7 rings (SSSR count). The lowest BCUT2D eigenvalue weighted by atomic mass is 10.0. The molecular formula is C27H13NO4S. The number of carbonyl (C=O) groups is 2. The zero-order valence-electron chi connectivity index (χ0n) is 17.0. The van der Waals surface area contributed by atoms with E-state index in [1.54, 1.807) is 29.5 Å². The highest BCUT2D eigenvalue weighted by molar-refractivity contribution is 7.22. The average Bonchev–Trinajstić information content (AvgIpc) is 3.57. The minimum Gasteiger partial charge on any atom is -0.434 e. The summed E-state index contributed by atoms with van der Waals surface area (Å²) in [4.78, 5) is 31.2. The van der Waals surface area contributed by atoms with E-state index < -0.39 is 0 Å². The van der Waals surface area contributed by atoms with Crippen LogP contribution in [0.5, 0.6) is 0 Å². The van der Waals surface area contributed by atoms with Crippen molar-refractivity contribution in [2.45, 2.75) is 0 Å². The summed E-state index contributed by atoms with van der Waals surface area (Å²) in [5.74, 6) is 0.201. The number of allylic oxidation sites excluding steroid dienone is 1. The maximum atomic E-state index is 13.0. The van der Waals surface area contributed by atoms with Crippen molar-refractivity contribution in [3.8, 4) is 10.6 Å². The lowest BCUT2D eigenvalue weighted by Gasteiger charge is -2.00. The molecule has 0 spiro atoms.